The van der Waals surface area contributed by atoms with E-state index in [1.807, 2.05) is 26.0 Å². The van der Waals surface area contributed by atoms with Gasteiger partial charge in [-0.1, -0.05) is 23.9 Å². The summed E-state index contributed by atoms with van der Waals surface area (Å²) in [5.74, 6) is -0.148. The maximum absolute atomic E-state index is 13.1. The smallest absolute Gasteiger partial charge is 0.333 e. The second-order valence-electron chi connectivity index (χ2n) is 7.71. The van der Waals surface area contributed by atoms with E-state index in [1.165, 1.54) is 24.9 Å². The number of esters is 1. The molecule has 170 valence electrons. The lowest BCUT2D eigenvalue weighted by atomic mass is 10.2. The molecule has 0 unspecified atom stereocenters. The molecule has 1 amide bonds. The molecule has 0 atom stereocenters. The van der Waals surface area contributed by atoms with Gasteiger partial charge in [-0.25, -0.2) is 13.2 Å². The van der Waals surface area contributed by atoms with Crippen LogP contribution in [0.25, 0.3) is 0 Å². The molecule has 2 aliphatic heterocycles. The van der Waals surface area contributed by atoms with Crippen LogP contribution in [0.4, 0.5) is 0 Å². The van der Waals surface area contributed by atoms with E-state index in [0.717, 1.165) is 24.1 Å². The van der Waals surface area contributed by atoms with Crippen LogP contribution in [0, 0.1) is 13.8 Å². The first kappa shape index (κ1) is 23.8. The Balaban J connectivity index is 1.51. The number of ether oxygens (including phenoxy) is 1. The number of benzene rings is 1. The Morgan fingerprint density at radius 2 is 1.87 bits per heavy atom. The molecule has 1 aromatic rings. The molecule has 8 nitrogen and oxygen atoms in total. The van der Waals surface area contributed by atoms with Crippen LogP contribution in [0.3, 0.4) is 0 Å². The minimum atomic E-state index is -3.50. The third kappa shape index (κ3) is 5.68. The number of sulfonamides is 1. The largest absolute Gasteiger partial charge is 0.466 e. The minimum absolute atomic E-state index is 0.00964. The average Bonchev–Trinajstić information content (AvgIpc) is 3.09. The molecule has 2 fully saturated rings. The zero-order chi connectivity index (χ0) is 22.6. The van der Waals surface area contributed by atoms with Gasteiger partial charge < -0.3 is 14.5 Å². The fraction of sp³-hybridized carbons (Fsp3) is 0.524. The number of nitrogens with zero attached hydrogens (tertiary/aromatic N) is 3. The van der Waals surface area contributed by atoms with Gasteiger partial charge in [-0.2, -0.15) is 4.31 Å². The highest BCUT2D eigenvalue weighted by Gasteiger charge is 2.30. The maximum atomic E-state index is 13.1. The zero-order valence-corrected chi connectivity index (χ0v) is 19.8. The standard InChI is InChI=1S/C21H29N3O5S2/c1-16-5-6-17(2)18(13-16)31(27,28)23-11-9-22(10-12-23)7-4-8-24-19(25)15-30-20(24)14-21(26)29-3/h5-6,13-14H,4,7-12,15H2,1-3H3/b20-14+. The summed E-state index contributed by atoms with van der Waals surface area (Å²) in [6.45, 7) is 7.20. The highest BCUT2D eigenvalue weighted by molar-refractivity contribution is 8.04. The van der Waals surface area contributed by atoms with Crippen molar-refractivity contribution in [2.75, 3.05) is 52.1 Å². The highest BCUT2D eigenvalue weighted by atomic mass is 32.2. The normalized spacial score (nSPS) is 19.9. The Hall–Kier alpha value is -1.88. The summed E-state index contributed by atoms with van der Waals surface area (Å²) >= 11 is 1.34. The number of carbonyl (C=O) groups is 2. The van der Waals surface area contributed by atoms with Gasteiger partial charge in [-0.05, 0) is 44.0 Å². The second kappa shape index (κ2) is 10.2. The third-order valence-corrected chi connectivity index (χ3v) is 8.57. The van der Waals surface area contributed by atoms with Crippen molar-refractivity contribution in [2.24, 2.45) is 0 Å². The van der Waals surface area contributed by atoms with Gasteiger partial charge in [0.2, 0.25) is 15.9 Å². The molecule has 10 heteroatoms. The summed E-state index contributed by atoms with van der Waals surface area (Å²) in [6.07, 6.45) is 2.10. The van der Waals surface area contributed by atoms with Crippen molar-refractivity contribution in [1.29, 1.82) is 0 Å². The molecule has 0 bridgehead atoms. The molecular weight excluding hydrogens is 438 g/mol. The van der Waals surface area contributed by atoms with Crippen molar-refractivity contribution >= 4 is 33.7 Å². The van der Waals surface area contributed by atoms with E-state index in [-0.39, 0.29) is 5.91 Å². The van der Waals surface area contributed by atoms with Crippen molar-refractivity contribution in [3.05, 3.63) is 40.4 Å². The van der Waals surface area contributed by atoms with E-state index in [4.69, 9.17) is 0 Å². The first-order chi connectivity index (χ1) is 14.7. The van der Waals surface area contributed by atoms with Gasteiger partial charge in [0.05, 0.1) is 28.9 Å². The number of thioether (sulfide) groups is 1. The monoisotopic (exact) mass is 467 g/mol. The molecule has 31 heavy (non-hydrogen) atoms. The number of hydrogen-bond acceptors (Lipinski definition) is 7. The van der Waals surface area contributed by atoms with Crippen LogP contribution in [-0.4, -0.2) is 86.5 Å². The van der Waals surface area contributed by atoms with E-state index in [0.29, 0.717) is 48.4 Å². The fourth-order valence-corrected chi connectivity index (χ4v) is 6.39. The molecule has 0 radical (unpaired) electrons. The molecule has 0 spiro atoms. The van der Waals surface area contributed by atoms with Crippen LogP contribution in [0.2, 0.25) is 0 Å². The van der Waals surface area contributed by atoms with E-state index < -0.39 is 16.0 Å². The van der Waals surface area contributed by atoms with Crippen LogP contribution in [0.5, 0.6) is 0 Å². The molecule has 0 saturated carbocycles. The van der Waals surface area contributed by atoms with Crippen LogP contribution < -0.4 is 0 Å². The van der Waals surface area contributed by atoms with Crippen molar-refractivity contribution in [1.82, 2.24) is 14.1 Å². The Bertz CT molecular complexity index is 969. The Kier molecular flexibility index (Phi) is 7.79. The summed E-state index contributed by atoms with van der Waals surface area (Å²) in [4.78, 5) is 27.8. The number of aryl methyl sites for hydroxylation is 2. The van der Waals surface area contributed by atoms with Crippen LogP contribution in [0.1, 0.15) is 17.5 Å². The molecule has 1 aromatic carbocycles. The number of amides is 1. The summed E-state index contributed by atoms with van der Waals surface area (Å²) in [5, 5.41) is 0.626. The van der Waals surface area contributed by atoms with Gasteiger partial charge in [-0.15, -0.1) is 0 Å². The third-order valence-electron chi connectivity index (χ3n) is 5.50. The predicted molar refractivity (Wildman–Crippen MR) is 120 cm³/mol. The lowest BCUT2D eigenvalue weighted by molar-refractivity contribution is -0.134. The Morgan fingerprint density at radius 3 is 2.55 bits per heavy atom. The van der Waals surface area contributed by atoms with Crippen molar-refractivity contribution in [3.63, 3.8) is 0 Å². The van der Waals surface area contributed by atoms with E-state index >= 15 is 0 Å². The minimum Gasteiger partial charge on any atom is -0.466 e. The van der Waals surface area contributed by atoms with E-state index in [1.54, 1.807) is 15.3 Å². The quantitative estimate of drug-likeness (QED) is 0.445. The summed E-state index contributed by atoms with van der Waals surface area (Å²) in [6, 6.07) is 5.50. The lowest BCUT2D eigenvalue weighted by Gasteiger charge is -2.34. The Morgan fingerprint density at radius 1 is 1.16 bits per heavy atom. The van der Waals surface area contributed by atoms with E-state index in [2.05, 4.69) is 9.64 Å². The molecule has 0 N–H and O–H groups in total. The molecule has 0 aromatic heterocycles. The van der Waals surface area contributed by atoms with Gasteiger partial charge >= 0.3 is 5.97 Å². The van der Waals surface area contributed by atoms with Gasteiger partial charge in [0.25, 0.3) is 0 Å². The average molecular weight is 468 g/mol. The van der Waals surface area contributed by atoms with Crippen molar-refractivity contribution in [3.8, 4) is 0 Å². The number of rotatable bonds is 7. The molecule has 0 aliphatic carbocycles. The number of hydrogen-bond donors (Lipinski definition) is 0. The summed E-state index contributed by atoms with van der Waals surface area (Å²) in [7, 11) is -2.19. The second-order valence-corrected chi connectivity index (χ2v) is 10.6. The summed E-state index contributed by atoms with van der Waals surface area (Å²) in [5.41, 5.74) is 1.69. The Labute approximate surface area is 188 Å². The number of carbonyl (C=O) groups excluding carboxylic acids is 2. The highest BCUT2D eigenvalue weighted by Crippen LogP contribution is 2.29. The molecule has 3 rings (SSSR count). The molecular formula is C21H29N3O5S2. The summed E-state index contributed by atoms with van der Waals surface area (Å²) < 4.78 is 32.3. The number of methoxy groups -OCH3 is 1. The zero-order valence-electron chi connectivity index (χ0n) is 18.2. The van der Waals surface area contributed by atoms with E-state index in [9.17, 15) is 18.0 Å². The first-order valence-corrected chi connectivity index (χ1v) is 12.7. The van der Waals surface area contributed by atoms with Gasteiger partial charge in [0, 0.05) is 32.7 Å². The number of piperazine rings is 1. The van der Waals surface area contributed by atoms with Crippen LogP contribution in [0.15, 0.2) is 34.2 Å². The fourth-order valence-electron chi connectivity index (χ4n) is 3.70. The van der Waals surface area contributed by atoms with Crippen molar-refractivity contribution < 1.29 is 22.7 Å². The van der Waals surface area contributed by atoms with Crippen molar-refractivity contribution in [2.45, 2.75) is 25.2 Å². The first-order valence-electron chi connectivity index (χ1n) is 10.2. The van der Waals surface area contributed by atoms with Gasteiger partial charge in [0.1, 0.15) is 0 Å². The lowest BCUT2D eigenvalue weighted by Crippen LogP contribution is -2.49. The molecule has 2 heterocycles. The van der Waals surface area contributed by atoms with Crippen LogP contribution in [-0.2, 0) is 24.3 Å². The molecule has 2 aliphatic rings. The predicted octanol–water partition coefficient (Wildman–Crippen LogP) is 1.59. The van der Waals surface area contributed by atoms with Crippen LogP contribution >= 0.6 is 11.8 Å². The maximum Gasteiger partial charge on any atom is 0.333 e. The van der Waals surface area contributed by atoms with Gasteiger partial charge in [-0.3, -0.25) is 4.79 Å². The SMILES string of the molecule is COC(=O)/C=C1/SCC(=O)N1CCCN1CCN(S(=O)(=O)c2cc(C)ccc2C)CC1. The topological polar surface area (TPSA) is 87.2 Å². The van der Waals surface area contributed by atoms with Gasteiger partial charge in [0.15, 0.2) is 0 Å². The molecule has 2 saturated heterocycles.